The Bertz CT molecular complexity index is 1020. The van der Waals surface area contributed by atoms with E-state index in [0.29, 0.717) is 12.8 Å². The van der Waals surface area contributed by atoms with Gasteiger partial charge >= 0.3 is 5.97 Å². The molecule has 0 saturated heterocycles. The van der Waals surface area contributed by atoms with Gasteiger partial charge in [0.2, 0.25) is 5.91 Å². The number of amides is 1. The van der Waals surface area contributed by atoms with Gasteiger partial charge in [-0.05, 0) is 63.9 Å². The summed E-state index contributed by atoms with van der Waals surface area (Å²) in [4.78, 5) is 25.7. The molecule has 0 bridgehead atoms. The smallest absolute Gasteiger partial charge is 0.326 e. The molecule has 0 radical (unpaired) electrons. The van der Waals surface area contributed by atoms with E-state index in [0.717, 1.165) is 31.2 Å². The molecule has 0 heterocycles. The Kier molecular flexibility index (Phi) is 12.9. The van der Waals surface area contributed by atoms with E-state index in [9.17, 15) is 23.1 Å². The molecule has 1 amide bonds. The molecule has 2 rings (SSSR count). The molecular formula is C29H49N3O6S. The fourth-order valence-corrected chi connectivity index (χ4v) is 6.49. The van der Waals surface area contributed by atoms with E-state index in [1.165, 1.54) is 18.2 Å². The fourth-order valence-electron chi connectivity index (χ4n) is 4.93. The van der Waals surface area contributed by atoms with Gasteiger partial charge in [-0.2, -0.15) is 17.4 Å². The monoisotopic (exact) mass is 567 g/mol. The van der Waals surface area contributed by atoms with Gasteiger partial charge in [0, 0.05) is 19.0 Å². The minimum atomic E-state index is -4.19. The van der Waals surface area contributed by atoms with Crippen molar-refractivity contribution in [1.29, 1.82) is 0 Å². The van der Waals surface area contributed by atoms with Crippen molar-refractivity contribution in [1.82, 2.24) is 14.3 Å². The minimum absolute atomic E-state index is 0.0969. The lowest BCUT2D eigenvalue weighted by Crippen LogP contribution is -2.58. The lowest BCUT2D eigenvalue weighted by molar-refractivity contribution is -0.149. The number of aliphatic hydroxyl groups is 1. The number of nitrogens with zero attached hydrogens (tertiary/aromatic N) is 1. The van der Waals surface area contributed by atoms with Gasteiger partial charge in [-0.3, -0.25) is 9.59 Å². The zero-order valence-corrected chi connectivity index (χ0v) is 25.3. The number of hydrogen-bond donors (Lipinski definition) is 3. The van der Waals surface area contributed by atoms with E-state index in [2.05, 4.69) is 17.0 Å². The second kappa shape index (κ2) is 15.1. The number of ether oxygens (including phenoxy) is 1. The quantitative estimate of drug-likeness (QED) is 0.279. The Hall–Kier alpha value is -2.01. The van der Waals surface area contributed by atoms with E-state index in [1.807, 2.05) is 44.2 Å². The van der Waals surface area contributed by atoms with Gasteiger partial charge < -0.3 is 15.2 Å². The first kappa shape index (κ1) is 33.2. The summed E-state index contributed by atoms with van der Waals surface area (Å²) >= 11 is 0. The average Bonchev–Trinajstić information content (AvgIpc) is 2.86. The molecule has 3 N–H and O–H groups in total. The Balaban J connectivity index is 2.29. The number of aliphatic hydroxyl groups excluding tert-OH is 1. The number of carbonyl (C=O) groups is 2. The van der Waals surface area contributed by atoms with E-state index < -0.39 is 33.9 Å². The minimum Gasteiger partial charge on any atom is -0.465 e. The normalized spacial score (nSPS) is 20.0. The molecule has 4 unspecified atom stereocenters. The van der Waals surface area contributed by atoms with E-state index in [-0.39, 0.29) is 43.4 Å². The second-order valence-corrected chi connectivity index (χ2v) is 13.4. The van der Waals surface area contributed by atoms with E-state index >= 15 is 0 Å². The molecule has 1 aliphatic rings. The van der Waals surface area contributed by atoms with Crippen LogP contribution in [0.4, 0.5) is 0 Å². The molecule has 1 aromatic rings. The Morgan fingerprint density at radius 1 is 1.15 bits per heavy atom. The molecule has 1 aromatic carbocycles. The van der Waals surface area contributed by atoms with Gasteiger partial charge in [0.1, 0.15) is 5.54 Å². The van der Waals surface area contributed by atoms with Crippen molar-refractivity contribution in [3.8, 4) is 0 Å². The maximum absolute atomic E-state index is 13.5. The first-order valence-electron chi connectivity index (χ1n) is 14.3. The Labute approximate surface area is 235 Å². The zero-order valence-electron chi connectivity index (χ0n) is 24.5. The van der Waals surface area contributed by atoms with Crippen LogP contribution in [0.25, 0.3) is 0 Å². The third kappa shape index (κ3) is 10.5. The first-order valence-corrected chi connectivity index (χ1v) is 15.7. The van der Waals surface area contributed by atoms with Crippen molar-refractivity contribution in [2.75, 3.05) is 19.7 Å². The molecule has 0 aliphatic heterocycles. The number of esters is 1. The van der Waals surface area contributed by atoms with Crippen LogP contribution >= 0.6 is 0 Å². The van der Waals surface area contributed by atoms with Crippen LogP contribution in [0.5, 0.6) is 0 Å². The lowest BCUT2D eigenvalue weighted by Gasteiger charge is -2.34. The highest BCUT2D eigenvalue weighted by Gasteiger charge is 2.38. The van der Waals surface area contributed by atoms with Crippen molar-refractivity contribution in [2.24, 2.45) is 17.8 Å². The number of nitrogens with one attached hydrogen (secondary N) is 2. The molecule has 1 saturated carbocycles. The summed E-state index contributed by atoms with van der Waals surface area (Å²) < 4.78 is 35.7. The summed E-state index contributed by atoms with van der Waals surface area (Å²) in [7, 11) is -4.19. The molecule has 1 aliphatic carbocycles. The van der Waals surface area contributed by atoms with Crippen LogP contribution in [0, 0.1) is 17.8 Å². The standard InChI is InChI=1S/C29H49N3O6S/c1-7-38-28(35)29(5,6)31-39(36,37)32(18-17-21(2)3)20-26(33)25(19-23-14-9-8-10-15-23)30-27(34)24-16-12-11-13-22(24)4/h8-10,14-15,21-22,24-26,31,33H,7,11-13,16-20H2,1-6H3,(H,30,34). The van der Waals surface area contributed by atoms with Crippen molar-refractivity contribution in [3.63, 3.8) is 0 Å². The number of rotatable bonds is 15. The zero-order chi connectivity index (χ0) is 29.2. The average molecular weight is 568 g/mol. The SMILES string of the molecule is CCOC(=O)C(C)(C)NS(=O)(=O)N(CCC(C)C)CC(O)C(Cc1ccccc1)NC(=O)C1CCCCC1C. The van der Waals surface area contributed by atoms with Crippen LogP contribution in [0.15, 0.2) is 30.3 Å². The molecule has 4 atom stereocenters. The fraction of sp³-hybridized carbons (Fsp3) is 0.724. The third-order valence-electron chi connectivity index (χ3n) is 7.40. The number of hydrogen-bond acceptors (Lipinski definition) is 6. The molecule has 39 heavy (non-hydrogen) atoms. The Morgan fingerprint density at radius 3 is 2.38 bits per heavy atom. The second-order valence-electron chi connectivity index (χ2n) is 11.7. The van der Waals surface area contributed by atoms with Crippen molar-refractivity contribution in [2.45, 2.75) is 97.8 Å². The summed E-state index contributed by atoms with van der Waals surface area (Å²) in [5.74, 6) is -0.442. The van der Waals surface area contributed by atoms with Crippen LogP contribution in [0.2, 0.25) is 0 Å². The molecule has 0 aromatic heterocycles. The van der Waals surface area contributed by atoms with Crippen molar-refractivity contribution < 1.29 is 27.9 Å². The maximum atomic E-state index is 13.5. The van der Waals surface area contributed by atoms with Crippen molar-refractivity contribution >= 4 is 22.1 Å². The van der Waals surface area contributed by atoms with Crippen LogP contribution in [0.3, 0.4) is 0 Å². The molecule has 1 fully saturated rings. The number of benzene rings is 1. The van der Waals surface area contributed by atoms with Gasteiger partial charge in [-0.25, -0.2) is 0 Å². The summed E-state index contributed by atoms with van der Waals surface area (Å²) in [6.07, 6.45) is 3.64. The highest BCUT2D eigenvalue weighted by Crippen LogP contribution is 2.30. The summed E-state index contributed by atoms with van der Waals surface area (Å²) in [6, 6.07) is 8.84. The van der Waals surface area contributed by atoms with Gasteiger partial charge in [-0.15, -0.1) is 0 Å². The van der Waals surface area contributed by atoms with Crippen LogP contribution in [-0.2, 0) is 31.0 Å². The first-order chi connectivity index (χ1) is 18.3. The number of carbonyl (C=O) groups excluding carboxylic acids is 2. The topological polar surface area (TPSA) is 125 Å². The van der Waals surface area contributed by atoms with Crippen LogP contribution in [-0.4, -0.2) is 67.1 Å². The van der Waals surface area contributed by atoms with Crippen LogP contribution in [0.1, 0.15) is 79.2 Å². The van der Waals surface area contributed by atoms with Crippen LogP contribution < -0.4 is 10.0 Å². The highest BCUT2D eigenvalue weighted by molar-refractivity contribution is 7.87. The molecule has 9 nitrogen and oxygen atoms in total. The third-order valence-corrected chi connectivity index (χ3v) is 9.17. The van der Waals surface area contributed by atoms with E-state index in [1.54, 1.807) is 6.92 Å². The lowest BCUT2D eigenvalue weighted by atomic mass is 9.79. The highest BCUT2D eigenvalue weighted by atomic mass is 32.2. The summed E-state index contributed by atoms with van der Waals surface area (Å²) in [6.45, 7) is 10.6. The predicted molar refractivity (Wildman–Crippen MR) is 153 cm³/mol. The Morgan fingerprint density at radius 2 is 1.79 bits per heavy atom. The van der Waals surface area contributed by atoms with Gasteiger partial charge in [0.25, 0.3) is 10.2 Å². The molecule has 0 spiro atoms. The largest absolute Gasteiger partial charge is 0.465 e. The summed E-state index contributed by atoms with van der Waals surface area (Å²) in [5.41, 5.74) is -0.568. The van der Waals surface area contributed by atoms with Crippen molar-refractivity contribution in [3.05, 3.63) is 35.9 Å². The predicted octanol–water partition coefficient (Wildman–Crippen LogP) is 3.43. The van der Waals surface area contributed by atoms with Gasteiger partial charge in [-0.1, -0.05) is 63.9 Å². The van der Waals surface area contributed by atoms with Gasteiger partial charge in [0.05, 0.1) is 18.8 Å². The van der Waals surface area contributed by atoms with Gasteiger partial charge in [0.15, 0.2) is 0 Å². The molecule has 10 heteroatoms. The molecule has 222 valence electrons. The summed E-state index contributed by atoms with van der Waals surface area (Å²) in [5, 5.41) is 14.5. The maximum Gasteiger partial charge on any atom is 0.326 e. The van der Waals surface area contributed by atoms with E-state index in [4.69, 9.17) is 4.74 Å². The molecular weight excluding hydrogens is 518 g/mol.